The number of sulfone groups is 1. The van der Waals surface area contributed by atoms with Gasteiger partial charge in [0.1, 0.15) is 5.69 Å². The number of aromatic nitrogens is 4. The van der Waals surface area contributed by atoms with E-state index in [0.29, 0.717) is 11.5 Å². The molecule has 0 atom stereocenters. The summed E-state index contributed by atoms with van der Waals surface area (Å²) in [5.74, 6) is 0.292. The molecule has 1 N–H and O–H groups in total. The van der Waals surface area contributed by atoms with Crippen LogP contribution in [0, 0.1) is 6.92 Å². The smallest absolute Gasteiger partial charge is 0.217 e. The summed E-state index contributed by atoms with van der Waals surface area (Å²) in [5, 5.41) is 2.74. The highest BCUT2D eigenvalue weighted by molar-refractivity contribution is 9.42. The van der Waals surface area contributed by atoms with Crippen LogP contribution in [-0.2, 0) is 9.84 Å². The minimum atomic E-state index is -3.69. The van der Waals surface area contributed by atoms with Gasteiger partial charge >= 0.3 is 5.78 Å². The first-order valence-electron chi connectivity index (χ1n) is 4.27. The van der Waals surface area contributed by atoms with Crippen LogP contribution in [0.1, 0.15) is 5.69 Å². The second kappa shape index (κ2) is 4.25. The number of nitrogens with one attached hydrogen (secondary N) is 1. The van der Waals surface area contributed by atoms with Gasteiger partial charge < -0.3 is 0 Å². The van der Waals surface area contributed by atoms with Gasteiger partial charge in [-0.15, -0.1) is 4.52 Å². The summed E-state index contributed by atoms with van der Waals surface area (Å²) in [5.41, 5.74) is 0.562. The molecule has 0 amide bonds. The minimum Gasteiger partial charge on any atom is -0.217 e. The van der Waals surface area contributed by atoms with E-state index >= 15 is 0 Å². The Kier molecular flexibility index (Phi) is 3.34. The number of hydrogen-bond donors (Lipinski definition) is 1. The monoisotopic (exact) mass is 447 g/mol. The van der Waals surface area contributed by atoms with Gasteiger partial charge in [0.2, 0.25) is 16.3 Å². The number of hydrogen-bond acceptors (Lipinski definition) is 4. The summed E-state index contributed by atoms with van der Waals surface area (Å²) in [6.45, 7) is 1.70. The third-order valence-electron chi connectivity index (χ3n) is 1.98. The fourth-order valence-corrected chi connectivity index (χ4v) is 3.68. The van der Waals surface area contributed by atoms with Crippen molar-refractivity contribution >= 4 is 63.4 Å². The maximum atomic E-state index is 12.3. The highest BCUT2D eigenvalue weighted by Gasteiger charge is 2.41. The van der Waals surface area contributed by atoms with Crippen molar-refractivity contribution in [2.45, 2.75) is 13.4 Å². The van der Waals surface area contributed by atoms with Crippen LogP contribution in [0.5, 0.6) is 0 Å². The average molecular weight is 450 g/mol. The van der Waals surface area contributed by atoms with Gasteiger partial charge in [0.15, 0.2) is 6.33 Å². The number of rotatable bonds is 1. The molecule has 0 aliphatic rings. The summed E-state index contributed by atoms with van der Waals surface area (Å²) in [7, 11) is -3.69. The van der Waals surface area contributed by atoms with E-state index in [1.54, 1.807) is 6.92 Å². The Morgan fingerprint density at radius 1 is 1.41 bits per heavy atom. The first-order valence-corrected chi connectivity index (χ1v) is 8.14. The lowest BCUT2D eigenvalue weighted by Gasteiger charge is -2.11. The molecule has 2 rings (SSSR count). The fraction of sp³-hybridized carbons (Fsp3) is 0.286. The van der Waals surface area contributed by atoms with Gasteiger partial charge in [-0.2, -0.15) is 0 Å². The number of nitrogens with zero attached hydrogens (tertiary/aromatic N) is 3. The molecule has 2 heterocycles. The van der Waals surface area contributed by atoms with Crippen LogP contribution >= 0.6 is 47.8 Å². The number of H-pyrrole nitrogens is 1. The SMILES string of the molecule is Cc1cc(S(=O)(=O)C(Br)(Br)Br)[n+]2[nH]cnc2n1. The van der Waals surface area contributed by atoms with Gasteiger partial charge in [0.05, 0.1) is 0 Å². The zero-order chi connectivity index (χ0) is 12.8. The third-order valence-corrected chi connectivity index (χ3v) is 7.27. The van der Waals surface area contributed by atoms with Crippen molar-refractivity contribution in [3.63, 3.8) is 0 Å². The zero-order valence-corrected chi connectivity index (χ0v) is 13.9. The van der Waals surface area contributed by atoms with Gasteiger partial charge in [-0.25, -0.2) is 13.5 Å². The molecule has 0 aliphatic carbocycles. The van der Waals surface area contributed by atoms with E-state index < -0.39 is 11.3 Å². The Hall–Kier alpha value is -0.0600. The number of halogens is 3. The molecule has 17 heavy (non-hydrogen) atoms. The molecule has 0 bridgehead atoms. The lowest BCUT2D eigenvalue weighted by molar-refractivity contribution is -0.621. The Balaban J connectivity index is 2.84. The molecule has 2 aromatic rings. The Bertz CT molecular complexity index is 676. The summed E-state index contributed by atoms with van der Waals surface area (Å²) in [4.78, 5) is 8.02. The maximum Gasteiger partial charge on any atom is 0.458 e. The van der Waals surface area contributed by atoms with E-state index in [4.69, 9.17) is 0 Å². The van der Waals surface area contributed by atoms with E-state index in [2.05, 4.69) is 62.9 Å². The van der Waals surface area contributed by atoms with Crippen molar-refractivity contribution in [2.75, 3.05) is 0 Å². The Morgan fingerprint density at radius 2 is 2.06 bits per heavy atom. The normalized spacial score (nSPS) is 13.2. The lowest BCUT2D eigenvalue weighted by Crippen LogP contribution is -2.36. The Labute approximate surface area is 122 Å². The molecule has 6 nitrogen and oxygen atoms in total. The van der Waals surface area contributed by atoms with Crippen LogP contribution in [-0.4, -0.2) is 25.0 Å². The molecule has 92 valence electrons. The van der Waals surface area contributed by atoms with Crippen molar-refractivity contribution in [1.82, 2.24) is 15.1 Å². The van der Waals surface area contributed by atoms with Gasteiger partial charge in [-0.1, -0.05) is 9.97 Å². The predicted molar refractivity (Wildman–Crippen MR) is 71.0 cm³/mol. The quantitative estimate of drug-likeness (QED) is 0.405. The van der Waals surface area contributed by atoms with E-state index in [1.807, 2.05) is 0 Å². The van der Waals surface area contributed by atoms with Crippen molar-refractivity contribution in [1.29, 1.82) is 0 Å². The molecule has 0 fully saturated rings. The van der Waals surface area contributed by atoms with Crippen molar-refractivity contribution < 1.29 is 12.9 Å². The minimum absolute atomic E-state index is 0.0446. The molecule has 0 saturated heterocycles. The second-order valence-electron chi connectivity index (χ2n) is 3.21. The molecule has 0 aliphatic heterocycles. The summed E-state index contributed by atoms with van der Waals surface area (Å²) < 4.78 is 24.4. The number of aromatic amines is 1. The van der Waals surface area contributed by atoms with E-state index in [0.717, 1.165) is 0 Å². The van der Waals surface area contributed by atoms with E-state index in [-0.39, 0.29) is 5.03 Å². The lowest BCUT2D eigenvalue weighted by atomic mass is 10.5. The number of aryl methyl sites for hydroxylation is 1. The Morgan fingerprint density at radius 3 is 2.65 bits per heavy atom. The summed E-state index contributed by atoms with van der Waals surface area (Å²) >= 11 is 9.04. The van der Waals surface area contributed by atoms with Gasteiger partial charge in [0, 0.05) is 6.07 Å². The molecule has 0 saturated carbocycles. The highest BCUT2D eigenvalue weighted by Crippen LogP contribution is 2.42. The average Bonchev–Trinajstić information content (AvgIpc) is 2.61. The van der Waals surface area contributed by atoms with Crippen molar-refractivity contribution in [2.24, 2.45) is 0 Å². The van der Waals surface area contributed by atoms with Gasteiger partial charge in [0.25, 0.3) is 0 Å². The number of alkyl halides is 3. The first kappa shape index (κ1) is 13.4. The van der Waals surface area contributed by atoms with E-state index in [9.17, 15) is 8.42 Å². The van der Waals surface area contributed by atoms with Crippen LogP contribution < -0.4 is 4.52 Å². The molecular formula is C7H6Br3N4O2S+. The standard InChI is InChI=1S/C7H5Br3N4O2S/c1-4-2-5(17(15,16)7(8,9)10)14-6(13-4)11-3-12-14/h2-3H,1H3/p+1. The topological polar surface area (TPSA) is 79.8 Å². The van der Waals surface area contributed by atoms with Crippen molar-refractivity contribution in [3.05, 3.63) is 18.1 Å². The molecule has 2 aromatic heterocycles. The van der Waals surface area contributed by atoms with Crippen LogP contribution in [0.4, 0.5) is 0 Å². The van der Waals surface area contributed by atoms with Gasteiger partial charge in [-0.3, -0.25) is 0 Å². The molecule has 0 radical (unpaired) electrons. The highest BCUT2D eigenvalue weighted by atomic mass is 80.0. The molecule has 0 unspecified atom stereocenters. The van der Waals surface area contributed by atoms with Crippen LogP contribution in [0.2, 0.25) is 0 Å². The first-order chi connectivity index (χ1) is 7.73. The van der Waals surface area contributed by atoms with Crippen molar-refractivity contribution in [3.8, 4) is 0 Å². The summed E-state index contributed by atoms with van der Waals surface area (Å²) in [6, 6.07) is 1.46. The molecular weight excluding hydrogens is 444 g/mol. The maximum absolute atomic E-state index is 12.3. The molecule has 0 aromatic carbocycles. The molecule has 10 heteroatoms. The van der Waals surface area contributed by atoms with Crippen LogP contribution in [0.3, 0.4) is 0 Å². The van der Waals surface area contributed by atoms with Crippen LogP contribution in [0.15, 0.2) is 17.4 Å². The zero-order valence-electron chi connectivity index (χ0n) is 8.35. The summed E-state index contributed by atoms with van der Waals surface area (Å²) in [6.07, 6.45) is 1.37. The second-order valence-corrected chi connectivity index (χ2v) is 13.6. The third kappa shape index (κ3) is 2.27. The number of fused-ring (bicyclic) bond motifs is 1. The molecule has 0 spiro atoms. The van der Waals surface area contributed by atoms with E-state index in [1.165, 1.54) is 16.9 Å². The fourth-order valence-electron chi connectivity index (χ4n) is 1.25. The largest absolute Gasteiger partial charge is 0.458 e. The predicted octanol–water partition coefficient (Wildman–Crippen LogP) is 1.42. The van der Waals surface area contributed by atoms with Gasteiger partial charge in [-0.05, 0) is 54.7 Å². The van der Waals surface area contributed by atoms with Crippen LogP contribution in [0.25, 0.3) is 5.78 Å².